The van der Waals surface area contributed by atoms with Gasteiger partial charge in [-0.25, -0.2) is 14.4 Å². The van der Waals surface area contributed by atoms with Crippen LogP contribution < -0.4 is 4.90 Å². The van der Waals surface area contributed by atoms with Crippen molar-refractivity contribution in [3.63, 3.8) is 0 Å². The monoisotopic (exact) mass is 355 g/mol. The molecule has 0 amide bonds. The van der Waals surface area contributed by atoms with Crippen LogP contribution in [0, 0.1) is 11.7 Å². The smallest absolute Gasteiger partial charge is 0.252 e. The van der Waals surface area contributed by atoms with Crippen molar-refractivity contribution < 1.29 is 8.81 Å². The summed E-state index contributed by atoms with van der Waals surface area (Å²) in [5.41, 5.74) is 1.83. The molecule has 1 aromatic carbocycles. The van der Waals surface area contributed by atoms with Gasteiger partial charge in [-0.15, -0.1) is 0 Å². The first-order valence-electron chi connectivity index (χ1n) is 8.95. The normalized spacial score (nSPS) is 15.9. The molecule has 0 bridgehead atoms. The minimum atomic E-state index is -0.287. The van der Waals surface area contributed by atoms with E-state index in [0.29, 0.717) is 23.0 Å². The van der Waals surface area contributed by atoms with Crippen LogP contribution in [0.3, 0.4) is 0 Å². The van der Waals surface area contributed by atoms with Gasteiger partial charge in [0.05, 0.1) is 0 Å². The second-order valence-corrected chi connectivity index (χ2v) is 7.06. The van der Waals surface area contributed by atoms with Gasteiger partial charge in [0.2, 0.25) is 5.89 Å². The van der Waals surface area contributed by atoms with Crippen molar-refractivity contribution in [2.24, 2.45) is 5.92 Å². The fourth-order valence-electron chi connectivity index (χ4n) is 3.35. The first-order valence-corrected chi connectivity index (χ1v) is 8.95. The highest BCUT2D eigenvalue weighted by molar-refractivity contribution is 5.83. The Bertz CT molecular complexity index is 885. The van der Waals surface area contributed by atoms with Gasteiger partial charge in [0.1, 0.15) is 12.1 Å². The molecule has 3 heterocycles. The van der Waals surface area contributed by atoms with E-state index in [1.165, 1.54) is 18.5 Å². The summed E-state index contributed by atoms with van der Waals surface area (Å²) in [4.78, 5) is 18.0. The van der Waals surface area contributed by atoms with E-state index in [4.69, 9.17) is 4.42 Å². The fourth-order valence-corrected chi connectivity index (χ4v) is 3.35. The molecule has 6 nitrogen and oxygen atoms in total. The highest BCUT2D eigenvalue weighted by Crippen LogP contribution is 2.28. The van der Waals surface area contributed by atoms with Gasteiger partial charge in [0.25, 0.3) is 5.71 Å². The standard InChI is InChI=1S/C19H22FN5O/c1-13(2)11-24-7-9-25(10-8-24)17-16-19(22-12-21-17)26-18(23-16)14-3-5-15(20)6-4-14/h3-6,12-13H,7-11H2,1-2H3. The lowest BCUT2D eigenvalue weighted by atomic mass is 10.2. The van der Waals surface area contributed by atoms with Crippen LogP contribution in [0.2, 0.25) is 0 Å². The molecule has 1 fully saturated rings. The Kier molecular flexibility index (Phi) is 4.55. The zero-order valence-electron chi connectivity index (χ0n) is 15.0. The van der Waals surface area contributed by atoms with Gasteiger partial charge in [-0.3, -0.25) is 4.90 Å². The molecule has 0 N–H and O–H groups in total. The number of anilines is 1. The van der Waals surface area contributed by atoms with Crippen LogP contribution in [0.25, 0.3) is 22.7 Å². The molecule has 136 valence electrons. The SMILES string of the molecule is CC(C)CN1CCN(c2ncnc3oc(-c4ccc(F)cc4)nc23)CC1. The number of oxazole rings is 1. The van der Waals surface area contributed by atoms with Gasteiger partial charge >= 0.3 is 0 Å². The predicted molar refractivity (Wildman–Crippen MR) is 98.5 cm³/mol. The summed E-state index contributed by atoms with van der Waals surface area (Å²) in [6.45, 7) is 9.42. The summed E-state index contributed by atoms with van der Waals surface area (Å²) >= 11 is 0. The Morgan fingerprint density at radius 1 is 1.08 bits per heavy atom. The first-order chi connectivity index (χ1) is 12.6. The average molecular weight is 355 g/mol. The first kappa shape index (κ1) is 16.9. The Morgan fingerprint density at radius 3 is 2.50 bits per heavy atom. The minimum Gasteiger partial charge on any atom is -0.417 e. The molecule has 0 unspecified atom stereocenters. The highest BCUT2D eigenvalue weighted by atomic mass is 19.1. The van der Waals surface area contributed by atoms with E-state index in [1.54, 1.807) is 12.1 Å². The highest BCUT2D eigenvalue weighted by Gasteiger charge is 2.23. The molecule has 0 atom stereocenters. The third-order valence-corrected chi connectivity index (χ3v) is 4.56. The number of aromatic nitrogens is 3. The number of hydrogen-bond acceptors (Lipinski definition) is 6. The topological polar surface area (TPSA) is 58.3 Å². The predicted octanol–water partition coefficient (Wildman–Crippen LogP) is 3.20. The summed E-state index contributed by atoms with van der Waals surface area (Å²) in [5.74, 6) is 1.61. The molecule has 0 spiro atoms. The van der Waals surface area contributed by atoms with E-state index in [0.717, 1.165) is 44.1 Å². The van der Waals surface area contributed by atoms with Gasteiger partial charge in [-0.1, -0.05) is 13.8 Å². The summed E-state index contributed by atoms with van der Waals surface area (Å²) < 4.78 is 18.9. The Morgan fingerprint density at radius 2 is 1.81 bits per heavy atom. The van der Waals surface area contributed by atoms with Crippen LogP contribution >= 0.6 is 0 Å². The van der Waals surface area contributed by atoms with Crippen LogP contribution in [-0.4, -0.2) is 52.6 Å². The Balaban J connectivity index is 1.59. The van der Waals surface area contributed by atoms with E-state index in [2.05, 4.69) is 38.6 Å². The summed E-state index contributed by atoms with van der Waals surface area (Å²) in [6, 6.07) is 6.09. The van der Waals surface area contributed by atoms with Gasteiger partial charge < -0.3 is 9.32 Å². The van der Waals surface area contributed by atoms with Gasteiger partial charge in [-0.05, 0) is 30.2 Å². The van der Waals surface area contributed by atoms with Crippen molar-refractivity contribution in [2.45, 2.75) is 13.8 Å². The maximum Gasteiger partial charge on any atom is 0.252 e. The van der Waals surface area contributed by atoms with Crippen LogP contribution in [0.1, 0.15) is 13.8 Å². The molecule has 4 rings (SSSR count). The number of hydrogen-bond donors (Lipinski definition) is 0. The van der Waals surface area contributed by atoms with Crippen LogP contribution in [0.5, 0.6) is 0 Å². The molecule has 3 aromatic rings. The molecule has 2 aromatic heterocycles. The molecule has 26 heavy (non-hydrogen) atoms. The van der Waals surface area contributed by atoms with Gasteiger partial charge in [-0.2, -0.15) is 4.98 Å². The second-order valence-electron chi connectivity index (χ2n) is 7.06. The third kappa shape index (κ3) is 3.39. The van der Waals surface area contributed by atoms with Crippen molar-refractivity contribution >= 4 is 17.0 Å². The number of benzene rings is 1. The van der Waals surface area contributed by atoms with E-state index in [1.807, 2.05) is 0 Å². The van der Waals surface area contributed by atoms with Crippen molar-refractivity contribution in [1.82, 2.24) is 19.9 Å². The zero-order chi connectivity index (χ0) is 18.1. The lowest BCUT2D eigenvalue weighted by Crippen LogP contribution is -2.47. The molecular formula is C19H22FN5O. The number of nitrogens with zero attached hydrogens (tertiary/aromatic N) is 5. The number of piperazine rings is 1. The Labute approximate surface area is 151 Å². The van der Waals surface area contributed by atoms with Crippen LogP contribution in [0.4, 0.5) is 10.2 Å². The largest absolute Gasteiger partial charge is 0.417 e. The number of halogens is 1. The number of rotatable bonds is 4. The van der Waals surface area contributed by atoms with Gasteiger partial charge in [0.15, 0.2) is 11.3 Å². The molecule has 7 heteroatoms. The molecule has 1 aliphatic heterocycles. The van der Waals surface area contributed by atoms with E-state index in [9.17, 15) is 4.39 Å². The maximum absolute atomic E-state index is 13.1. The molecule has 0 radical (unpaired) electrons. The Hall–Kier alpha value is -2.54. The third-order valence-electron chi connectivity index (χ3n) is 4.56. The van der Waals surface area contributed by atoms with Crippen LogP contribution in [-0.2, 0) is 0 Å². The maximum atomic E-state index is 13.1. The quantitative estimate of drug-likeness (QED) is 0.716. The minimum absolute atomic E-state index is 0.287. The van der Waals surface area contributed by atoms with Crippen LogP contribution in [0.15, 0.2) is 35.0 Å². The van der Waals surface area contributed by atoms with Crippen molar-refractivity contribution in [3.05, 3.63) is 36.4 Å². The van der Waals surface area contributed by atoms with Crippen molar-refractivity contribution in [3.8, 4) is 11.5 Å². The zero-order valence-corrected chi connectivity index (χ0v) is 15.0. The van der Waals surface area contributed by atoms with Crippen molar-refractivity contribution in [2.75, 3.05) is 37.6 Å². The molecule has 1 saturated heterocycles. The summed E-state index contributed by atoms with van der Waals surface area (Å²) in [6.07, 6.45) is 1.51. The molecule has 0 aliphatic carbocycles. The summed E-state index contributed by atoms with van der Waals surface area (Å²) in [5, 5.41) is 0. The molecule has 0 saturated carbocycles. The fraction of sp³-hybridized carbons (Fsp3) is 0.421. The second kappa shape index (κ2) is 6.99. The molecule has 1 aliphatic rings. The number of fused-ring (bicyclic) bond motifs is 1. The summed E-state index contributed by atoms with van der Waals surface area (Å²) in [7, 11) is 0. The lowest BCUT2D eigenvalue weighted by Gasteiger charge is -2.36. The average Bonchev–Trinajstić information content (AvgIpc) is 3.07. The molecular weight excluding hydrogens is 333 g/mol. The van der Waals surface area contributed by atoms with E-state index >= 15 is 0 Å². The lowest BCUT2D eigenvalue weighted by molar-refractivity contribution is 0.231. The van der Waals surface area contributed by atoms with E-state index < -0.39 is 0 Å². The van der Waals surface area contributed by atoms with E-state index in [-0.39, 0.29) is 5.82 Å². The van der Waals surface area contributed by atoms with Gasteiger partial charge in [0, 0.05) is 38.3 Å². The van der Waals surface area contributed by atoms with Crippen molar-refractivity contribution in [1.29, 1.82) is 0 Å².